The molecule has 0 spiro atoms. The second-order valence-electron chi connectivity index (χ2n) is 3.58. The summed E-state index contributed by atoms with van der Waals surface area (Å²) in [7, 11) is 0. The Hall–Kier alpha value is -1.17. The molecule has 96 valence electrons. The number of halogens is 5. The highest BCUT2D eigenvalue weighted by Gasteiger charge is 2.62. The molecule has 6 heteroatoms. The van der Waals surface area contributed by atoms with E-state index < -0.39 is 23.8 Å². The van der Waals surface area contributed by atoms with Gasteiger partial charge >= 0.3 is 12.1 Å². The molecule has 17 heavy (non-hydrogen) atoms. The van der Waals surface area contributed by atoms with E-state index in [2.05, 4.69) is 0 Å². The highest BCUT2D eigenvalue weighted by molar-refractivity contribution is 5.30. The number of hydrogen-bond donors (Lipinski definition) is 1. The van der Waals surface area contributed by atoms with Gasteiger partial charge < -0.3 is 5.11 Å². The van der Waals surface area contributed by atoms with E-state index in [1.165, 1.54) is 18.2 Å². The summed E-state index contributed by atoms with van der Waals surface area (Å²) in [6.45, 7) is 1.61. The largest absolute Gasteiger partial charge is 0.456 e. The molecule has 1 nitrogen and oxygen atoms in total. The van der Waals surface area contributed by atoms with Crippen molar-refractivity contribution in [2.45, 2.75) is 31.5 Å². The van der Waals surface area contributed by atoms with Crippen molar-refractivity contribution >= 4 is 0 Å². The van der Waals surface area contributed by atoms with Gasteiger partial charge in [0.15, 0.2) is 6.10 Å². The molecule has 1 aromatic rings. The minimum absolute atomic E-state index is 0.265. The van der Waals surface area contributed by atoms with Crippen molar-refractivity contribution in [1.29, 1.82) is 0 Å². The maximum atomic E-state index is 13.0. The molecule has 0 aromatic heterocycles. The Kier molecular flexibility index (Phi) is 3.76. The second kappa shape index (κ2) is 4.60. The lowest BCUT2D eigenvalue weighted by molar-refractivity contribution is -0.315. The summed E-state index contributed by atoms with van der Waals surface area (Å²) in [4.78, 5) is 0. The topological polar surface area (TPSA) is 20.2 Å². The third-order valence-corrected chi connectivity index (χ3v) is 2.45. The Morgan fingerprint density at radius 2 is 1.65 bits per heavy atom. The molecule has 0 fully saturated rings. The van der Waals surface area contributed by atoms with Crippen LogP contribution in [0.25, 0.3) is 0 Å². The van der Waals surface area contributed by atoms with Gasteiger partial charge in [-0.1, -0.05) is 31.2 Å². The number of hydrogen-bond acceptors (Lipinski definition) is 1. The fraction of sp³-hybridized carbons (Fsp3) is 0.455. The number of benzene rings is 1. The first-order valence-electron chi connectivity index (χ1n) is 4.92. The monoisotopic (exact) mass is 254 g/mol. The second-order valence-corrected chi connectivity index (χ2v) is 3.58. The van der Waals surface area contributed by atoms with Crippen molar-refractivity contribution in [2.75, 3.05) is 0 Å². The zero-order valence-corrected chi connectivity index (χ0v) is 8.93. The smallest absolute Gasteiger partial charge is 0.382 e. The molecule has 1 unspecified atom stereocenters. The Bertz CT molecular complexity index is 386. The van der Waals surface area contributed by atoms with Crippen LogP contribution in [0.4, 0.5) is 22.0 Å². The van der Waals surface area contributed by atoms with Gasteiger partial charge in [0.2, 0.25) is 0 Å². The van der Waals surface area contributed by atoms with E-state index in [0.717, 1.165) is 6.07 Å². The number of rotatable bonds is 3. The van der Waals surface area contributed by atoms with Gasteiger partial charge in [0, 0.05) is 0 Å². The van der Waals surface area contributed by atoms with Crippen molar-refractivity contribution in [3.8, 4) is 0 Å². The highest BCUT2D eigenvalue weighted by Crippen LogP contribution is 2.45. The van der Waals surface area contributed by atoms with Gasteiger partial charge in [-0.2, -0.15) is 22.0 Å². The van der Waals surface area contributed by atoms with E-state index in [4.69, 9.17) is 0 Å². The lowest BCUT2D eigenvalue weighted by Crippen LogP contribution is -2.42. The van der Waals surface area contributed by atoms with Crippen LogP contribution in [0.3, 0.4) is 0 Å². The van der Waals surface area contributed by atoms with E-state index in [-0.39, 0.29) is 12.0 Å². The van der Waals surface area contributed by atoms with Gasteiger partial charge in [-0.15, -0.1) is 0 Å². The summed E-state index contributed by atoms with van der Waals surface area (Å²) < 4.78 is 62.2. The third-order valence-electron chi connectivity index (χ3n) is 2.45. The fourth-order valence-electron chi connectivity index (χ4n) is 1.47. The molecule has 0 radical (unpaired) electrons. The molecule has 1 aromatic carbocycles. The average Bonchev–Trinajstić information content (AvgIpc) is 2.26. The van der Waals surface area contributed by atoms with Crippen LogP contribution in [0, 0.1) is 0 Å². The van der Waals surface area contributed by atoms with E-state index in [1.807, 2.05) is 0 Å². The Morgan fingerprint density at radius 1 is 1.12 bits per heavy atom. The molecular weight excluding hydrogens is 243 g/mol. The van der Waals surface area contributed by atoms with Crippen molar-refractivity contribution in [3.63, 3.8) is 0 Å². The summed E-state index contributed by atoms with van der Waals surface area (Å²) in [5, 5.41) is 9.23. The molecule has 0 amide bonds. The standard InChI is InChI=1S/C11H11F5O/c1-2-7-5-3-4-6-8(7)9(17)10(12,13)11(14,15)16/h3-6,9,17H,2H2,1H3. The third kappa shape index (κ3) is 2.57. The van der Waals surface area contributed by atoms with Crippen LogP contribution in [0.2, 0.25) is 0 Å². The zero-order chi connectivity index (χ0) is 13.3. The predicted octanol–water partition coefficient (Wildman–Crippen LogP) is 3.48. The van der Waals surface area contributed by atoms with Gasteiger partial charge in [0.05, 0.1) is 0 Å². The first kappa shape index (κ1) is 13.9. The quantitative estimate of drug-likeness (QED) is 0.819. The highest BCUT2D eigenvalue weighted by atomic mass is 19.4. The van der Waals surface area contributed by atoms with Gasteiger partial charge in [0.25, 0.3) is 0 Å². The molecule has 0 aliphatic carbocycles. The normalized spacial score (nSPS) is 14.8. The van der Waals surface area contributed by atoms with Crippen LogP contribution in [-0.4, -0.2) is 17.2 Å². The van der Waals surface area contributed by atoms with Gasteiger partial charge in [-0.05, 0) is 17.5 Å². The average molecular weight is 254 g/mol. The SMILES string of the molecule is CCc1ccccc1C(O)C(F)(F)C(F)(F)F. The fourth-order valence-corrected chi connectivity index (χ4v) is 1.47. The molecule has 0 saturated heterocycles. The molecule has 0 heterocycles. The molecule has 0 aliphatic heterocycles. The van der Waals surface area contributed by atoms with Gasteiger partial charge in [-0.3, -0.25) is 0 Å². The first-order chi connectivity index (χ1) is 7.71. The van der Waals surface area contributed by atoms with Crippen LogP contribution in [0.5, 0.6) is 0 Å². The molecule has 1 rings (SSSR count). The van der Waals surface area contributed by atoms with Crippen LogP contribution < -0.4 is 0 Å². The van der Waals surface area contributed by atoms with Gasteiger partial charge in [-0.25, -0.2) is 0 Å². The molecule has 0 bridgehead atoms. The number of aliphatic hydroxyl groups excluding tert-OH is 1. The summed E-state index contributed by atoms with van der Waals surface area (Å²) in [6, 6.07) is 5.30. The first-order valence-corrected chi connectivity index (χ1v) is 4.92. The minimum atomic E-state index is -5.77. The summed E-state index contributed by atoms with van der Waals surface area (Å²) >= 11 is 0. The van der Waals surface area contributed by atoms with Gasteiger partial charge in [0.1, 0.15) is 0 Å². The molecule has 1 N–H and O–H groups in total. The summed E-state index contributed by atoms with van der Waals surface area (Å²) in [5.41, 5.74) is -0.124. The van der Waals surface area contributed by atoms with Crippen molar-refractivity contribution in [3.05, 3.63) is 35.4 Å². The minimum Gasteiger partial charge on any atom is -0.382 e. The van der Waals surface area contributed by atoms with Crippen molar-refractivity contribution in [1.82, 2.24) is 0 Å². The van der Waals surface area contributed by atoms with E-state index in [9.17, 15) is 27.1 Å². The van der Waals surface area contributed by atoms with Crippen molar-refractivity contribution < 1.29 is 27.1 Å². The molecule has 0 aliphatic rings. The van der Waals surface area contributed by atoms with Crippen molar-refractivity contribution in [2.24, 2.45) is 0 Å². The number of alkyl halides is 5. The summed E-state index contributed by atoms with van der Waals surface area (Å²) in [5.74, 6) is -5.15. The molecule has 0 saturated carbocycles. The predicted molar refractivity (Wildman–Crippen MR) is 51.8 cm³/mol. The Balaban J connectivity index is 3.16. The number of aryl methyl sites for hydroxylation is 1. The Labute approximate surface area is 94.9 Å². The van der Waals surface area contributed by atoms with Crippen LogP contribution in [0.1, 0.15) is 24.2 Å². The lowest BCUT2D eigenvalue weighted by Gasteiger charge is -2.26. The van der Waals surface area contributed by atoms with Crippen LogP contribution in [-0.2, 0) is 6.42 Å². The number of aliphatic hydroxyl groups is 1. The summed E-state index contributed by atoms with van der Waals surface area (Å²) in [6.07, 6.45) is -8.38. The Morgan fingerprint density at radius 3 is 2.12 bits per heavy atom. The van der Waals surface area contributed by atoms with E-state index in [1.54, 1.807) is 6.92 Å². The maximum Gasteiger partial charge on any atom is 0.456 e. The van der Waals surface area contributed by atoms with Crippen LogP contribution >= 0.6 is 0 Å². The van der Waals surface area contributed by atoms with Crippen LogP contribution in [0.15, 0.2) is 24.3 Å². The molecular formula is C11H11F5O. The molecule has 1 atom stereocenters. The zero-order valence-electron chi connectivity index (χ0n) is 8.93. The van der Waals surface area contributed by atoms with E-state index in [0.29, 0.717) is 0 Å². The lowest BCUT2D eigenvalue weighted by atomic mass is 9.96. The maximum absolute atomic E-state index is 13.0. The van der Waals surface area contributed by atoms with E-state index >= 15 is 0 Å².